The lowest BCUT2D eigenvalue weighted by Gasteiger charge is -2.29. The fraction of sp³-hybridized carbons (Fsp3) is 0.867. The number of nitriles is 1. The van der Waals surface area contributed by atoms with Crippen molar-refractivity contribution in [3.8, 4) is 6.07 Å². The van der Waals surface area contributed by atoms with Gasteiger partial charge in [0.2, 0.25) is 5.91 Å². The van der Waals surface area contributed by atoms with E-state index in [0.29, 0.717) is 12.5 Å². The van der Waals surface area contributed by atoms with Crippen LogP contribution in [0, 0.1) is 23.2 Å². The highest BCUT2D eigenvalue weighted by molar-refractivity contribution is 5.81. The van der Waals surface area contributed by atoms with Crippen LogP contribution in [0.25, 0.3) is 0 Å². The molecule has 1 amide bonds. The number of carbonyl (C=O) groups excluding carboxylic acids is 1. The number of carbonyl (C=O) groups is 1. The minimum Gasteiger partial charge on any atom is -0.352 e. The smallest absolute Gasteiger partial charge is 0.237 e. The third-order valence-corrected chi connectivity index (χ3v) is 3.94. The lowest BCUT2D eigenvalue weighted by molar-refractivity contribution is -0.124. The van der Waals surface area contributed by atoms with E-state index in [1.54, 1.807) is 0 Å². The van der Waals surface area contributed by atoms with Gasteiger partial charge in [0.1, 0.15) is 5.92 Å². The first-order valence-corrected chi connectivity index (χ1v) is 7.41. The SMILES string of the molecule is CCCC1CCC(NC(=O)C(C#N)CCC)CC1. The van der Waals surface area contributed by atoms with Gasteiger partial charge in [0, 0.05) is 6.04 Å². The quantitative estimate of drug-likeness (QED) is 0.785. The highest BCUT2D eigenvalue weighted by Gasteiger charge is 2.24. The summed E-state index contributed by atoms with van der Waals surface area (Å²) < 4.78 is 0. The molecular weight excluding hydrogens is 224 g/mol. The van der Waals surface area contributed by atoms with Crippen LogP contribution in [0.4, 0.5) is 0 Å². The van der Waals surface area contributed by atoms with Gasteiger partial charge in [-0.1, -0.05) is 33.1 Å². The van der Waals surface area contributed by atoms with E-state index in [0.717, 1.165) is 25.2 Å². The third kappa shape index (κ3) is 4.68. The van der Waals surface area contributed by atoms with Crippen LogP contribution in [0.5, 0.6) is 0 Å². The summed E-state index contributed by atoms with van der Waals surface area (Å²) in [6.45, 7) is 4.24. The second-order valence-corrected chi connectivity index (χ2v) is 5.49. The fourth-order valence-electron chi connectivity index (χ4n) is 2.85. The van der Waals surface area contributed by atoms with Gasteiger partial charge in [-0.05, 0) is 38.0 Å². The van der Waals surface area contributed by atoms with Crippen molar-refractivity contribution in [2.75, 3.05) is 0 Å². The van der Waals surface area contributed by atoms with Gasteiger partial charge < -0.3 is 5.32 Å². The third-order valence-electron chi connectivity index (χ3n) is 3.94. The fourth-order valence-corrected chi connectivity index (χ4v) is 2.85. The summed E-state index contributed by atoms with van der Waals surface area (Å²) in [6.07, 6.45) is 8.75. The van der Waals surface area contributed by atoms with Crippen molar-refractivity contribution < 1.29 is 4.79 Å². The molecule has 0 aromatic rings. The van der Waals surface area contributed by atoms with E-state index in [1.807, 2.05) is 6.92 Å². The Morgan fingerprint density at radius 3 is 2.44 bits per heavy atom. The van der Waals surface area contributed by atoms with Crippen molar-refractivity contribution in [2.45, 2.75) is 71.3 Å². The Balaban J connectivity index is 2.32. The number of nitrogens with zero attached hydrogens (tertiary/aromatic N) is 1. The van der Waals surface area contributed by atoms with Gasteiger partial charge in [0.25, 0.3) is 0 Å². The van der Waals surface area contributed by atoms with Crippen LogP contribution in [-0.2, 0) is 4.79 Å². The van der Waals surface area contributed by atoms with Crippen LogP contribution < -0.4 is 5.32 Å². The average Bonchev–Trinajstić information content (AvgIpc) is 2.38. The Hall–Kier alpha value is -1.04. The van der Waals surface area contributed by atoms with Gasteiger partial charge in [-0.3, -0.25) is 4.79 Å². The molecule has 0 aromatic carbocycles. The summed E-state index contributed by atoms with van der Waals surface area (Å²) in [5.41, 5.74) is 0. The molecule has 1 atom stereocenters. The highest BCUT2D eigenvalue weighted by atomic mass is 16.1. The zero-order valence-electron chi connectivity index (χ0n) is 11.7. The molecule has 0 spiro atoms. The standard InChI is InChI=1S/C15H26N2O/c1-3-5-12-7-9-14(10-8-12)17-15(18)13(11-16)6-4-2/h12-14H,3-10H2,1-2H3,(H,17,18). The van der Waals surface area contributed by atoms with Crippen LogP contribution in [0.1, 0.15) is 65.2 Å². The first kappa shape index (κ1) is 15.0. The summed E-state index contributed by atoms with van der Waals surface area (Å²) in [5.74, 6) is 0.340. The first-order chi connectivity index (χ1) is 8.71. The summed E-state index contributed by atoms with van der Waals surface area (Å²) >= 11 is 0. The lowest BCUT2D eigenvalue weighted by Crippen LogP contribution is -2.40. The molecule has 1 aliphatic carbocycles. The van der Waals surface area contributed by atoms with Crippen LogP contribution >= 0.6 is 0 Å². The number of rotatable bonds is 6. The molecule has 0 radical (unpaired) electrons. The van der Waals surface area contributed by atoms with Crippen molar-refractivity contribution in [3.63, 3.8) is 0 Å². The zero-order chi connectivity index (χ0) is 13.4. The molecule has 0 heterocycles. The van der Waals surface area contributed by atoms with Gasteiger partial charge in [-0.15, -0.1) is 0 Å². The summed E-state index contributed by atoms with van der Waals surface area (Å²) in [6, 6.07) is 2.41. The molecule has 1 unspecified atom stereocenters. The van der Waals surface area contributed by atoms with Crippen molar-refractivity contribution >= 4 is 5.91 Å². The summed E-state index contributed by atoms with van der Waals surface area (Å²) in [4.78, 5) is 11.9. The largest absolute Gasteiger partial charge is 0.352 e. The topological polar surface area (TPSA) is 52.9 Å². The van der Waals surface area contributed by atoms with E-state index in [-0.39, 0.29) is 5.91 Å². The van der Waals surface area contributed by atoms with Crippen LogP contribution in [0.15, 0.2) is 0 Å². The maximum Gasteiger partial charge on any atom is 0.237 e. The predicted molar refractivity (Wildman–Crippen MR) is 72.8 cm³/mol. The maximum absolute atomic E-state index is 11.9. The van der Waals surface area contributed by atoms with E-state index < -0.39 is 5.92 Å². The molecule has 0 bridgehead atoms. The molecule has 1 saturated carbocycles. The zero-order valence-corrected chi connectivity index (χ0v) is 11.7. The van der Waals surface area contributed by atoms with E-state index >= 15 is 0 Å². The molecule has 102 valence electrons. The molecule has 0 saturated heterocycles. The monoisotopic (exact) mass is 250 g/mol. The molecule has 3 nitrogen and oxygen atoms in total. The van der Waals surface area contributed by atoms with Gasteiger partial charge in [-0.25, -0.2) is 0 Å². The molecule has 18 heavy (non-hydrogen) atoms. The highest BCUT2D eigenvalue weighted by Crippen LogP contribution is 2.27. The predicted octanol–water partition coefficient (Wildman–Crippen LogP) is 3.40. The van der Waals surface area contributed by atoms with Crippen molar-refractivity contribution in [2.24, 2.45) is 11.8 Å². The van der Waals surface area contributed by atoms with Crippen LogP contribution in [-0.4, -0.2) is 11.9 Å². The summed E-state index contributed by atoms with van der Waals surface area (Å²) in [7, 11) is 0. The number of nitrogens with one attached hydrogen (secondary N) is 1. The van der Waals surface area contributed by atoms with Crippen LogP contribution in [0.2, 0.25) is 0 Å². The van der Waals surface area contributed by atoms with Crippen molar-refractivity contribution in [1.82, 2.24) is 5.32 Å². The minimum atomic E-state index is -0.455. The van der Waals surface area contributed by atoms with Gasteiger partial charge >= 0.3 is 0 Å². The molecule has 1 aliphatic rings. The lowest BCUT2D eigenvalue weighted by atomic mass is 9.83. The van der Waals surface area contributed by atoms with Crippen molar-refractivity contribution in [3.05, 3.63) is 0 Å². The van der Waals surface area contributed by atoms with E-state index in [2.05, 4.69) is 18.3 Å². The second kappa shape index (κ2) is 8.13. The minimum absolute atomic E-state index is 0.0571. The Morgan fingerprint density at radius 2 is 1.94 bits per heavy atom. The molecule has 0 aromatic heterocycles. The van der Waals surface area contributed by atoms with Crippen LogP contribution in [0.3, 0.4) is 0 Å². The Labute approximate surface area is 111 Å². The van der Waals surface area contributed by atoms with Gasteiger partial charge in [-0.2, -0.15) is 5.26 Å². The normalized spacial score (nSPS) is 25.2. The Morgan fingerprint density at radius 1 is 1.28 bits per heavy atom. The molecule has 0 aliphatic heterocycles. The number of hydrogen-bond donors (Lipinski definition) is 1. The molecule has 1 N–H and O–H groups in total. The number of amides is 1. The molecule has 1 rings (SSSR count). The second-order valence-electron chi connectivity index (χ2n) is 5.49. The molecule has 3 heteroatoms. The maximum atomic E-state index is 11.9. The van der Waals surface area contributed by atoms with Gasteiger partial charge in [0.05, 0.1) is 6.07 Å². The number of hydrogen-bond acceptors (Lipinski definition) is 2. The van der Waals surface area contributed by atoms with E-state index in [4.69, 9.17) is 5.26 Å². The Kier molecular flexibility index (Phi) is 6.78. The van der Waals surface area contributed by atoms with Gasteiger partial charge in [0.15, 0.2) is 0 Å². The average molecular weight is 250 g/mol. The summed E-state index contributed by atoms with van der Waals surface area (Å²) in [5, 5.41) is 12.0. The van der Waals surface area contributed by atoms with E-state index in [9.17, 15) is 4.79 Å². The first-order valence-electron chi connectivity index (χ1n) is 7.41. The van der Waals surface area contributed by atoms with E-state index in [1.165, 1.54) is 25.7 Å². The van der Waals surface area contributed by atoms with Crippen molar-refractivity contribution in [1.29, 1.82) is 5.26 Å². The molecular formula is C15H26N2O. The Bertz CT molecular complexity index is 287. The molecule has 1 fully saturated rings.